The molecule has 1 atom stereocenters. The van der Waals surface area contributed by atoms with Gasteiger partial charge in [-0.1, -0.05) is 38.8 Å². The van der Waals surface area contributed by atoms with Crippen molar-refractivity contribution < 1.29 is 0 Å². The maximum Gasteiger partial charge on any atom is 0.0303 e. The van der Waals surface area contributed by atoms with Crippen LogP contribution in [0.2, 0.25) is 0 Å². The lowest BCUT2D eigenvalue weighted by atomic mass is 9.74. The minimum Gasteiger partial charge on any atom is -0.271 e. The minimum absolute atomic E-state index is 0.428. The number of hydrogen-bond acceptors (Lipinski definition) is 2. The molecule has 0 aromatic carbocycles. The van der Waals surface area contributed by atoms with Crippen LogP contribution >= 0.6 is 0 Å². The molecule has 1 aliphatic carbocycles. The average Bonchev–Trinajstić information content (AvgIpc) is 2.75. The van der Waals surface area contributed by atoms with E-state index in [-0.39, 0.29) is 0 Å². The van der Waals surface area contributed by atoms with Gasteiger partial charge in [-0.15, -0.1) is 0 Å². The Hall–Kier alpha value is -0.340. The van der Waals surface area contributed by atoms with Gasteiger partial charge in [-0.3, -0.25) is 11.3 Å². The van der Waals surface area contributed by atoms with E-state index in [9.17, 15) is 0 Å². The molecule has 0 spiro atoms. The molecule has 15 heavy (non-hydrogen) atoms. The van der Waals surface area contributed by atoms with Gasteiger partial charge in [0.25, 0.3) is 0 Å². The lowest BCUT2D eigenvalue weighted by molar-refractivity contribution is 0.184. The van der Waals surface area contributed by atoms with Crippen LogP contribution in [0.25, 0.3) is 0 Å². The fourth-order valence-electron chi connectivity index (χ4n) is 2.91. The Morgan fingerprint density at radius 1 is 1.40 bits per heavy atom. The van der Waals surface area contributed by atoms with Gasteiger partial charge in [-0.05, 0) is 37.5 Å². The topological polar surface area (TPSA) is 38.0 Å². The zero-order chi connectivity index (χ0) is 11.3. The van der Waals surface area contributed by atoms with E-state index in [4.69, 9.17) is 5.84 Å². The highest BCUT2D eigenvalue weighted by molar-refractivity contribution is 5.03. The zero-order valence-corrected chi connectivity index (χ0v) is 10.3. The van der Waals surface area contributed by atoms with Crippen LogP contribution in [-0.4, -0.2) is 6.04 Å². The Balaban J connectivity index is 2.66. The molecule has 1 unspecified atom stereocenters. The third-order valence-corrected chi connectivity index (χ3v) is 4.24. The second-order valence-electron chi connectivity index (χ2n) is 4.95. The maximum atomic E-state index is 5.73. The van der Waals surface area contributed by atoms with Crippen molar-refractivity contribution in [2.24, 2.45) is 11.3 Å². The molecule has 0 aliphatic heterocycles. The molecule has 1 rings (SSSR count). The molecular weight excluding hydrogens is 184 g/mol. The van der Waals surface area contributed by atoms with Crippen LogP contribution in [0.15, 0.2) is 12.2 Å². The lowest BCUT2D eigenvalue weighted by Gasteiger charge is -2.37. The van der Waals surface area contributed by atoms with Gasteiger partial charge in [-0.25, -0.2) is 0 Å². The van der Waals surface area contributed by atoms with Crippen LogP contribution < -0.4 is 11.3 Å². The van der Waals surface area contributed by atoms with Gasteiger partial charge in [0.1, 0.15) is 0 Å². The van der Waals surface area contributed by atoms with E-state index in [0.29, 0.717) is 11.5 Å². The van der Waals surface area contributed by atoms with Gasteiger partial charge in [0.05, 0.1) is 0 Å². The normalized spacial score (nSPS) is 21.5. The van der Waals surface area contributed by atoms with Crippen LogP contribution in [0, 0.1) is 5.41 Å². The molecule has 1 aliphatic rings. The smallest absolute Gasteiger partial charge is 0.0303 e. The summed E-state index contributed by atoms with van der Waals surface area (Å²) in [5.74, 6) is 5.73. The van der Waals surface area contributed by atoms with Crippen molar-refractivity contribution in [3.63, 3.8) is 0 Å². The first kappa shape index (κ1) is 12.7. The quantitative estimate of drug-likeness (QED) is 0.401. The first-order valence-corrected chi connectivity index (χ1v) is 6.31. The van der Waals surface area contributed by atoms with E-state index in [2.05, 4.69) is 25.9 Å². The highest BCUT2D eigenvalue weighted by Crippen LogP contribution is 2.45. The monoisotopic (exact) mass is 210 g/mol. The SMILES string of the molecule is C=C(CC)CC(NN)C1(CC)CCCC1. The third kappa shape index (κ3) is 2.82. The summed E-state index contributed by atoms with van der Waals surface area (Å²) < 4.78 is 0. The van der Waals surface area contributed by atoms with Crippen LogP contribution in [0.3, 0.4) is 0 Å². The molecule has 88 valence electrons. The second kappa shape index (κ2) is 5.66. The molecule has 0 bridgehead atoms. The molecule has 0 heterocycles. The van der Waals surface area contributed by atoms with Gasteiger partial charge >= 0.3 is 0 Å². The minimum atomic E-state index is 0.428. The van der Waals surface area contributed by atoms with Crippen LogP contribution in [-0.2, 0) is 0 Å². The van der Waals surface area contributed by atoms with Gasteiger partial charge in [0.2, 0.25) is 0 Å². The summed E-state index contributed by atoms with van der Waals surface area (Å²) in [4.78, 5) is 0. The zero-order valence-electron chi connectivity index (χ0n) is 10.3. The number of nitrogens with two attached hydrogens (primary N) is 1. The molecular formula is C13H26N2. The van der Waals surface area contributed by atoms with E-state index in [1.54, 1.807) is 0 Å². The first-order chi connectivity index (χ1) is 7.18. The largest absolute Gasteiger partial charge is 0.271 e. The van der Waals surface area contributed by atoms with Crippen molar-refractivity contribution >= 4 is 0 Å². The molecule has 0 saturated heterocycles. The molecule has 2 nitrogen and oxygen atoms in total. The highest BCUT2D eigenvalue weighted by atomic mass is 15.2. The second-order valence-corrected chi connectivity index (χ2v) is 4.95. The van der Waals surface area contributed by atoms with Crippen LogP contribution in [0.4, 0.5) is 0 Å². The van der Waals surface area contributed by atoms with Crippen molar-refractivity contribution in [2.45, 2.75) is 64.8 Å². The average molecular weight is 210 g/mol. The van der Waals surface area contributed by atoms with Crippen molar-refractivity contribution in [2.75, 3.05) is 0 Å². The van der Waals surface area contributed by atoms with Crippen LogP contribution in [0.5, 0.6) is 0 Å². The van der Waals surface area contributed by atoms with Crippen molar-refractivity contribution in [1.29, 1.82) is 0 Å². The summed E-state index contributed by atoms with van der Waals surface area (Å²) in [7, 11) is 0. The van der Waals surface area contributed by atoms with Crippen molar-refractivity contribution in [3.8, 4) is 0 Å². The summed E-state index contributed by atoms with van der Waals surface area (Å²) in [5.41, 5.74) is 4.79. The molecule has 0 amide bonds. The fourth-order valence-corrected chi connectivity index (χ4v) is 2.91. The van der Waals surface area contributed by atoms with E-state index in [0.717, 1.165) is 12.8 Å². The molecule has 3 N–H and O–H groups in total. The Morgan fingerprint density at radius 2 is 2.00 bits per heavy atom. The predicted molar refractivity (Wildman–Crippen MR) is 66.4 cm³/mol. The number of nitrogens with one attached hydrogen (secondary N) is 1. The van der Waals surface area contributed by atoms with Gasteiger partial charge in [0, 0.05) is 6.04 Å². The van der Waals surface area contributed by atoms with Crippen LogP contribution in [0.1, 0.15) is 58.8 Å². The third-order valence-electron chi connectivity index (χ3n) is 4.24. The van der Waals surface area contributed by atoms with Crippen molar-refractivity contribution in [1.82, 2.24) is 5.43 Å². The Labute approximate surface area is 94.3 Å². The highest BCUT2D eigenvalue weighted by Gasteiger charge is 2.39. The molecule has 0 radical (unpaired) electrons. The fraction of sp³-hybridized carbons (Fsp3) is 0.846. The molecule has 2 heteroatoms. The summed E-state index contributed by atoms with van der Waals surface area (Å²) in [6.45, 7) is 8.57. The maximum absolute atomic E-state index is 5.73. The van der Waals surface area contributed by atoms with Gasteiger partial charge < -0.3 is 0 Å². The number of hydrazine groups is 1. The Kier molecular flexibility index (Phi) is 4.81. The van der Waals surface area contributed by atoms with Gasteiger partial charge in [0.15, 0.2) is 0 Å². The summed E-state index contributed by atoms with van der Waals surface area (Å²) in [5, 5.41) is 0. The number of rotatable bonds is 6. The summed E-state index contributed by atoms with van der Waals surface area (Å²) in [6.07, 6.45) is 8.73. The molecule has 0 aromatic heterocycles. The summed E-state index contributed by atoms with van der Waals surface area (Å²) >= 11 is 0. The molecule has 1 fully saturated rings. The summed E-state index contributed by atoms with van der Waals surface area (Å²) in [6, 6.07) is 0.428. The van der Waals surface area contributed by atoms with E-state index >= 15 is 0 Å². The first-order valence-electron chi connectivity index (χ1n) is 6.31. The Bertz CT molecular complexity index is 205. The number of hydrogen-bond donors (Lipinski definition) is 2. The molecule has 0 aromatic rings. The van der Waals surface area contributed by atoms with E-state index in [1.165, 1.54) is 37.7 Å². The lowest BCUT2D eigenvalue weighted by Crippen LogP contribution is -2.47. The standard InChI is InChI=1S/C13H26N2/c1-4-11(3)10-12(15-14)13(5-2)8-6-7-9-13/h12,15H,3-10,14H2,1-2H3. The predicted octanol–water partition coefficient (Wildman–Crippen LogP) is 3.15. The molecule has 1 saturated carbocycles. The van der Waals surface area contributed by atoms with E-state index < -0.39 is 0 Å². The van der Waals surface area contributed by atoms with Gasteiger partial charge in [-0.2, -0.15) is 0 Å². The van der Waals surface area contributed by atoms with Crippen molar-refractivity contribution in [3.05, 3.63) is 12.2 Å². The Morgan fingerprint density at radius 3 is 2.40 bits per heavy atom. The van der Waals surface area contributed by atoms with E-state index in [1.807, 2.05) is 0 Å².